The Morgan fingerprint density at radius 1 is 1.00 bits per heavy atom. The van der Waals surface area contributed by atoms with Crippen LogP contribution in [-0.2, 0) is 4.79 Å². The van der Waals surface area contributed by atoms with E-state index in [1.54, 1.807) is 4.90 Å². The lowest BCUT2D eigenvalue weighted by molar-refractivity contribution is -0.131. The highest BCUT2D eigenvalue weighted by atomic mass is 16.3. The fourth-order valence-corrected chi connectivity index (χ4v) is 2.75. The Morgan fingerprint density at radius 2 is 1.57 bits per heavy atom. The van der Waals surface area contributed by atoms with Crippen molar-refractivity contribution in [2.24, 2.45) is 5.92 Å². The molecule has 1 aromatic rings. The molecule has 2 rings (SSSR count). The first kappa shape index (κ1) is 17.1. The minimum atomic E-state index is -0.241. The maximum atomic E-state index is 12.5. The maximum absolute atomic E-state index is 12.5. The molecule has 0 bridgehead atoms. The van der Waals surface area contributed by atoms with Gasteiger partial charge in [0.1, 0.15) is 11.5 Å². The average Bonchev–Trinajstić information content (AvgIpc) is 2.70. The van der Waals surface area contributed by atoms with Crippen molar-refractivity contribution < 1.29 is 19.8 Å². The summed E-state index contributed by atoms with van der Waals surface area (Å²) in [4.78, 5) is 28.1. The van der Waals surface area contributed by atoms with Crippen molar-refractivity contribution in [2.75, 3.05) is 26.2 Å². The SMILES string of the molecule is CC(C)CC(=O)N1CCCN(C(=O)c2cc(O)cc(O)c2)CC1. The van der Waals surface area contributed by atoms with Crippen molar-refractivity contribution in [3.8, 4) is 11.5 Å². The Hall–Kier alpha value is -2.24. The molecule has 23 heavy (non-hydrogen) atoms. The summed E-state index contributed by atoms with van der Waals surface area (Å²) in [6, 6.07) is 3.87. The van der Waals surface area contributed by atoms with Crippen molar-refractivity contribution in [3.05, 3.63) is 23.8 Å². The molecule has 126 valence electrons. The monoisotopic (exact) mass is 320 g/mol. The maximum Gasteiger partial charge on any atom is 0.254 e. The third kappa shape index (κ3) is 4.61. The fraction of sp³-hybridized carbons (Fsp3) is 0.529. The van der Waals surface area contributed by atoms with Gasteiger partial charge >= 0.3 is 0 Å². The standard InChI is InChI=1S/C17H24N2O4/c1-12(2)8-16(22)18-4-3-5-19(7-6-18)17(23)13-9-14(20)11-15(21)10-13/h9-12,20-21H,3-8H2,1-2H3. The van der Waals surface area contributed by atoms with Gasteiger partial charge in [-0.25, -0.2) is 0 Å². The Morgan fingerprint density at radius 3 is 2.17 bits per heavy atom. The zero-order valence-electron chi connectivity index (χ0n) is 13.7. The van der Waals surface area contributed by atoms with Gasteiger partial charge in [-0.05, 0) is 24.5 Å². The van der Waals surface area contributed by atoms with Crippen molar-refractivity contribution in [3.63, 3.8) is 0 Å². The van der Waals surface area contributed by atoms with Crippen LogP contribution in [0.2, 0.25) is 0 Å². The van der Waals surface area contributed by atoms with E-state index in [1.807, 2.05) is 18.7 Å². The molecule has 2 N–H and O–H groups in total. The van der Waals surface area contributed by atoms with Crippen LogP contribution in [-0.4, -0.2) is 58.0 Å². The van der Waals surface area contributed by atoms with Crippen LogP contribution in [0.25, 0.3) is 0 Å². The highest BCUT2D eigenvalue weighted by molar-refractivity contribution is 5.95. The molecule has 0 radical (unpaired) electrons. The molecule has 1 aliphatic rings. The normalized spacial score (nSPS) is 15.6. The van der Waals surface area contributed by atoms with Crippen LogP contribution in [0.5, 0.6) is 11.5 Å². The highest BCUT2D eigenvalue weighted by Crippen LogP contribution is 2.22. The quantitative estimate of drug-likeness (QED) is 0.890. The fourth-order valence-electron chi connectivity index (χ4n) is 2.75. The summed E-state index contributed by atoms with van der Waals surface area (Å²) < 4.78 is 0. The smallest absolute Gasteiger partial charge is 0.254 e. The van der Waals surface area contributed by atoms with E-state index in [9.17, 15) is 19.8 Å². The number of phenols is 2. The number of amides is 2. The number of hydrogen-bond donors (Lipinski definition) is 2. The molecule has 6 heteroatoms. The Bertz CT molecular complexity index is 566. The van der Waals surface area contributed by atoms with Gasteiger partial charge in [0.25, 0.3) is 5.91 Å². The molecule has 0 aliphatic carbocycles. The Kier molecular flexibility index (Phi) is 5.47. The summed E-state index contributed by atoms with van der Waals surface area (Å²) in [5.41, 5.74) is 0.254. The van der Waals surface area contributed by atoms with E-state index in [4.69, 9.17) is 0 Å². The van der Waals surface area contributed by atoms with Gasteiger partial charge in [-0.1, -0.05) is 13.8 Å². The zero-order chi connectivity index (χ0) is 17.0. The summed E-state index contributed by atoms with van der Waals surface area (Å²) in [5, 5.41) is 19.0. The highest BCUT2D eigenvalue weighted by Gasteiger charge is 2.23. The van der Waals surface area contributed by atoms with Gasteiger partial charge in [0, 0.05) is 44.2 Å². The number of benzene rings is 1. The van der Waals surface area contributed by atoms with Crippen molar-refractivity contribution in [1.82, 2.24) is 9.80 Å². The minimum Gasteiger partial charge on any atom is -0.508 e. The number of carbonyl (C=O) groups excluding carboxylic acids is 2. The molecule has 1 aliphatic heterocycles. The van der Waals surface area contributed by atoms with Gasteiger partial charge in [0.05, 0.1) is 0 Å². The van der Waals surface area contributed by atoms with E-state index in [2.05, 4.69) is 0 Å². The molecule has 0 spiro atoms. The number of hydrogen-bond acceptors (Lipinski definition) is 4. The van der Waals surface area contributed by atoms with Gasteiger partial charge in [-0.3, -0.25) is 9.59 Å². The van der Waals surface area contributed by atoms with Gasteiger partial charge in [0.2, 0.25) is 5.91 Å². The molecule has 0 atom stereocenters. The first-order chi connectivity index (χ1) is 10.9. The predicted molar refractivity (Wildman–Crippen MR) is 86.3 cm³/mol. The van der Waals surface area contributed by atoms with Gasteiger partial charge in [0.15, 0.2) is 0 Å². The lowest BCUT2D eigenvalue weighted by atomic mass is 10.1. The summed E-state index contributed by atoms with van der Waals surface area (Å²) in [6.07, 6.45) is 1.24. The van der Waals surface area contributed by atoms with E-state index in [0.717, 1.165) is 6.42 Å². The third-order valence-electron chi connectivity index (χ3n) is 3.87. The third-order valence-corrected chi connectivity index (χ3v) is 3.87. The van der Waals surface area contributed by atoms with E-state index in [1.165, 1.54) is 18.2 Å². The van der Waals surface area contributed by atoms with Crippen LogP contribution >= 0.6 is 0 Å². The van der Waals surface area contributed by atoms with Crippen LogP contribution in [0.15, 0.2) is 18.2 Å². The number of rotatable bonds is 3. The van der Waals surface area contributed by atoms with Gasteiger partial charge < -0.3 is 20.0 Å². The molecule has 1 saturated heterocycles. The number of nitrogens with zero attached hydrogens (tertiary/aromatic N) is 2. The first-order valence-electron chi connectivity index (χ1n) is 7.97. The molecular weight excluding hydrogens is 296 g/mol. The molecule has 6 nitrogen and oxygen atoms in total. The molecule has 2 amide bonds. The predicted octanol–water partition coefficient (Wildman–Crippen LogP) is 1.82. The van der Waals surface area contributed by atoms with Crippen molar-refractivity contribution >= 4 is 11.8 Å². The topological polar surface area (TPSA) is 81.1 Å². The van der Waals surface area contributed by atoms with Crippen LogP contribution in [0.1, 0.15) is 37.0 Å². The second-order valence-corrected chi connectivity index (χ2v) is 6.36. The molecule has 0 saturated carbocycles. The van der Waals surface area contributed by atoms with Crippen LogP contribution in [0.4, 0.5) is 0 Å². The van der Waals surface area contributed by atoms with E-state index >= 15 is 0 Å². The largest absolute Gasteiger partial charge is 0.508 e. The van der Waals surface area contributed by atoms with Crippen molar-refractivity contribution in [1.29, 1.82) is 0 Å². The Balaban J connectivity index is 2.02. The first-order valence-corrected chi connectivity index (χ1v) is 7.97. The Labute approximate surface area is 136 Å². The minimum absolute atomic E-state index is 0.129. The summed E-state index contributed by atoms with van der Waals surface area (Å²) in [5.74, 6) is -0.0776. The lowest BCUT2D eigenvalue weighted by Crippen LogP contribution is -2.37. The molecule has 0 aromatic heterocycles. The average molecular weight is 320 g/mol. The number of carbonyl (C=O) groups is 2. The van der Waals surface area contributed by atoms with E-state index in [-0.39, 0.29) is 28.9 Å². The second kappa shape index (κ2) is 7.35. The lowest BCUT2D eigenvalue weighted by Gasteiger charge is -2.23. The van der Waals surface area contributed by atoms with Crippen molar-refractivity contribution in [2.45, 2.75) is 26.7 Å². The summed E-state index contributed by atoms with van der Waals surface area (Å²) in [6.45, 7) is 6.21. The van der Waals surface area contributed by atoms with Crippen LogP contribution < -0.4 is 0 Å². The molecule has 0 unspecified atom stereocenters. The zero-order valence-corrected chi connectivity index (χ0v) is 13.7. The van der Waals surface area contributed by atoms with Gasteiger partial charge in [-0.2, -0.15) is 0 Å². The molecule has 1 heterocycles. The van der Waals surface area contributed by atoms with E-state index in [0.29, 0.717) is 38.5 Å². The molecule has 1 fully saturated rings. The number of phenolic OH excluding ortho intramolecular Hbond substituents is 2. The van der Waals surface area contributed by atoms with E-state index < -0.39 is 0 Å². The summed E-state index contributed by atoms with van der Waals surface area (Å²) in [7, 11) is 0. The van der Waals surface area contributed by atoms with Gasteiger partial charge in [-0.15, -0.1) is 0 Å². The second-order valence-electron chi connectivity index (χ2n) is 6.36. The van der Waals surface area contributed by atoms with Crippen LogP contribution in [0.3, 0.4) is 0 Å². The summed E-state index contributed by atoms with van der Waals surface area (Å²) >= 11 is 0. The molecular formula is C17H24N2O4. The van der Waals surface area contributed by atoms with Crippen LogP contribution in [0, 0.1) is 5.92 Å². The number of aromatic hydroxyl groups is 2. The molecule has 1 aromatic carbocycles.